The molecule has 19 heavy (non-hydrogen) atoms. The Hall–Kier alpha value is -1.46. The van der Waals surface area contributed by atoms with Crippen LogP contribution in [0.5, 0.6) is 11.5 Å². The third-order valence-electron chi connectivity index (χ3n) is 2.46. The van der Waals surface area contributed by atoms with Gasteiger partial charge in [-0.2, -0.15) is 0 Å². The number of methoxy groups -OCH3 is 2. The molecule has 0 aliphatic heterocycles. The van der Waals surface area contributed by atoms with Crippen molar-refractivity contribution in [3.05, 3.63) is 22.7 Å². The molecule has 0 saturated heterocycles. The third-order valence-corrected chi connectivity index (χ3v) is 2.68. The molecule has 5 nitrogen and oxygen atoms in total. The monoisotopic (exact) mass is 287 g/mol. The minimum Gasteiger partial charge on any atom is -0.493 e. The Labute approximate surface area is 117 Å². The normalized spacial score (nSPS) is 10.1. The van der Waals surface area contributed by atoms with Gasteiger partial charge in [0, 0.05) is 23.2 Å². The fraction of sp³-hybridized carbons (Fsp3) is 0.462. The van der Waals surface area contributed by atoms with Crippen molar-refractivity contribution >= 4 is 17.6 Å². The summed E-state index contributed by atoms with van der Waals surface area (Å²) >= 11 is 6.01. The van der Waals surface area contributed by atoms with E-state index in [0.29, 0.717) is 23.1 Å². The summed E-state index contributed by atoms with van der Waals surface area (Å²) in [6.07, 6.45) is 0.182. The van der Waals surface area contributed by atoms with E-state index in [1.165, 1.54) is 7.11 Å². The molecule has 0 aliphatic rings. The Morgan fingerprint density at radius 3 is 2.68 bits per heavy atom. The van der Waals surface area contributed by atoms with Gasteiger partial charge in [0.1, 0.15) is 0 Å². The van der Waals surface area contributed by atoms with Crippen LogP contribution in [0.25, 0.3) is 0 Å². The number of hydrogen-bond donors (Lipinski definition) is 1. The summed E-state index contributed by atoms with van der Waals surface area (Å²) < 4.78 is 15.4. The van der Waals surface area contributed by atoms with Crippen LogP contribution in [0, 0.1) is 0 Å². The second-order valence-corrected chi connectivity index (χ2v) is 4.24. The van der Waals surface area contributed by atoms with Gasteiger partial charge in [0.05, 0.1) is 27.2 Å². The van der Waals surface area contributed by atoms with Gasteiger partial charge in [-0.1, -0.05) is 11.6 Å². The van der Waals surface area contributed by atoms with Crippen molar-refractivity contribution in [3.8, 4) is 11.5 Å². The first-order chi connectivity index (χ1) is 9.12. The molecule has 1 aromatic rings. The van der Waals surface area contributed by atoms with E-state index >= 15 is 0 Å². The van der Waals surface area contributed by atoms with Crippen molar-refractivity contribution in [2.75, 3.05) is 27.9 Å². The van der Waals surface area contributed by atoms with E-state index in [1.54, 1.807) is 19.2 Å². The third kappa shape index (κ3) is 4.61. The van der Waals surface area contributed by atoms with E-state index in [0.717, 1.165) is 5.56 Å². The molecule has 0 saturated carbocycles. The number of rotatable bonds is 7. The van der Waals surface area contributed by atoms with Crippen LogP contribution in [0.3, 0.4) is 0 Å². The molecule has 1 aromatic carbocycles. The summed E-state index contributed by atoms with van der Waals surface area (Å²) in [7, 11) is 4.71. The first-order valence-electron chi connectivity index (χ1n) is 5.83. The maximum absolute atomic E-state index is 11.1. The molecule has 0 radical (unpaired) electrons. The highest BCUT2D eigenvalue weighted by molar-refractivity contribution is 6.30. The molecular weight excluding hydrogens is 270 g/mol. The molecule has 0 heterocycles. The first kappa shape index (κ1) is 15.6. The molecule has 0 aromatic heterocycles. The van der Waals surface area contributed by atoms with E-state index in [1.807, 2.05) is 7.05 Å². The molecule has 1 rings (SSSR count). The zero-order chi connectivity index (χ0) is 14.3. The van der Waals surface area contributed by atoms with Crippen LogP contribution < -0.4 is 14.8 Å². The van der Waals surface area contributed by atoms with Crippen molar-refractivity contribution in [3.63, 3.8) is 0 Å². The van der Waals surface area contributed by atoms with E-state index in [4.69, 9.17) is 21.1 Å². The average molecular weight is 288 g/mol. The van der Waals surface area contributed by atoms with Crippen molar-refractivity contribution in [1.29, 1.82) is 0 Å². The topological polar surface area (TPSA) is 56.8 Å². The Kier molecular flexibility index (Phi) is 6.45. The van der Waals surface area contributed by atoms with Crippen molar-refractivity contribution in [1.82, 2.24) is 5.32 Å². The number of carbonyl (C=O) groups excluding carboxylic acids is 1. The number of benzene rings is 1. The van der Waals surface area contributed by atoms with Crippen LogP contribution in [-0.4, -0.2) is 33.8 Å². The highest BCUT2D eigenvalue weighted by Crippen LogP contribution is 2.34. The van der Waals surface area contributed by atoms with Gasteiger partial charge < -0.3 is 19.5 Å². The second kappa shape index (κ2) is 7.86. The van der Waals surface area contributed by atoms with Gasteiger partial charge >= 0.3 is 5.97 Å². The SMILES string of the molecule is CNCc1cc(Cl)cc(OC)c1OCCC(=O)OC. The molecule has 0 spiro atoms. The maximum Gasteiger partial charge on any atom is 0.308 e. The molecule has 0 amide bonds. The van der Waals surface area contributed by atoms with Gasteiger partial charge in [-0.3, -0.25) is 4.79 Å². The maximum atomic E-state index is 11.1. The summed E-state index contributed by atoms with van der Waals surface area (Å²) in [6, 6.07) is 3.47. The van der Waals surface area contributed by atoms with Crippen LogP contribution in [0.1, 0.15) is 12.0 Å². The lowest BCUT2D eigenvalue weighted by molar-refractivity contribution is -0.141. The van der Waals surface area contributed by atoms with Crippen LogP contribution in [0.15, 0.2) is 12.1 Å². The fourth-order valence-corrected chi connectivity index (χ4v) is 1.83. The number of nitrogens with one attached hydrogen (secondary N) is 1. The lowest BCUT2D eigenvalue weighted by Gasteiger charge is -2.15. The average Bonchev–Trinajstić information content (AvgIpc) is 2.40. The van der Waals surface area contributed by atoms with Gasteiger partial charge in [0.25, 0.3) is 0 Å². The Morgan fingerprint density at radius 1 is 1.37 bits per heavy atom. The number of esters is 1. The predicted octanol–water partition coefficient (Wildman–Crippen LogP) is 2.01. The summed E-state index contributed by atoms with van der Waals surface area (Å²) in [6.45, 7) is 0.811. The molecule has 0 bridgehead atoms. The first-order valence-corrected chi connectivity index (χ1v) is 6.20. The van der Waals surface area contributed by atoms with Crippen molar-refractivity contribution in [2.24, 2.45) is 0 Å². The van der Waals surface area contributed by atoms with E-state index in [9.17, 15) is 4.79 Å². The van der Waals surface area contributed by atoms with Gasteiger partial charge in [0.2, 0.25) is 0 Å². The quantitative estimate of drug-likeness (QED) is 0.778. The summed E-state index contributed by atoms with van der Waals surface area (Å²) in [5.41, 5.74) is 0.872. The molecule has 6 heteroatoms. The molecule has 0 unspecified atom stereocenters. The minimum atomic E-state index is -0.317. The van der Waals surface area contributed by atoms with Crippen molar-refractivity contribution < 1.29 is 19.0 Å². The molecule has 1 N–H and O–H groups in total. The molecule has 0 fully saturated rings. The standard InChI is InChI=1S/C13H18ClNO4/c1-15-8-9-6-10(14)7-11(17-2)13(9)19-5-4-12(16)18-3/h6-7,15H,4-5,8H2,1-3H3. The smallest absolute Gasteiger partial charge is 0.308 e. The molecule has 106 valence electrons. The summed E-state index contributed by atoms with van der Waals surface area (Å²) in [5, 5.41) is 3.60. The van der Waals surface area contributed by atoms with Crippen LogP contribution >= 0.6 is 11.6 Å². The highest BCUT2D eigenvalue weighted by Gasteiger charge is 2.13. The van der Waals surface area contributed by atoms with Gasteiger partial charge in [-0.25, -0.2) is 0 Å². The minimum absolute atomic E-state index is 0.182. The van der Waals surface area contributed by atoms with Crippen LogP contribution in [-0.2, 0) is 16.1 Å². The van der Waals surface area contributed by atoms with Crippen LogP contribution in [0.4, 0.5) is 0 Å². The number of halogens is 1. The summed E-state index contributed by atoms with van der Waals surface area (Å²) in [4.78, 5) is 11.1. The Balaban J connectivity index is 2.86. The zero-order valence-corrected chi connectivity index (χ0v) is 12.0. The Morgan fingerprint density at radius 2 is 2.11 bits per heavy atom. The highest BCUT2D eigenvalue weighted by atomic mass is 35.5. The summed E-state index contributed by atoms with van der Waals surface area (Å²) in [5.74, 6) is 0.816. The van der Waals surface area contributed by atoms with E-state index in [-0.39, 0.29) is 19.0 Å². The molecule has 0 atom stereocenters. The number of hydrogen-bond acceptors (Lipinski definition) is 5. The number of carbonyl (C=O) groups is 1. The van der Waals surface area contributed by atoms with Gasteiger partial charge in [-0.05, 0) is 13.1 Å². The molecule has 0 aliphatic carbocycles. The lowest BCUT2D eigenvalue weighted by atomic mass is 10.2. The molecular formula is C13H18ClNO4. The largest absolute Gasteiger partial charge is 0.493 e. The lowest BCUT2D eigenvalue weighted by Crippen LogP contribution is -2.11. The number of ether oxygens (including phenoxy) is 3. The predicted molar refractivity (Wildman–Crippen MR) is 72.9 cm³/mol. The zero-order valence-electron chi connectivity index (χ0n) is 11.3. The van der Waals surface area contributed by atoms with E-state index in [2.05, 4.69) is 10.1 Å². The fourth-order valence-electron chi connectivity index (χ4n) is 1.60. The second-order valence-electron chi connectivity index (χ2n) is 3.80. The van der Waals surface area contributed by atoms with Crippen molar-refractivity contribution in [2.45, 2.75) is 13.0 Å². The van der Waals surface area contributed by atoms with Crippen LogP contribution in [0.2, 0.25) is 5.02 Å². The van der Waals surface area contributed by atoms with Gasteiger partial charge in [0.15, 0.2) is 11.5 Å². The Bertz CT molecular complexity index is 437. The van der Waals surface area contributed by atoms with E-state index < -0.39 is 0 Å². The van der Waals surface area contributed by atoms with Gasteiger partial charge in [-0.15, -0.1) is 0 Å².